The third-order valence-electron chi connectivity index (χ3n) is 2.72. The van der Waals surface area contributed by atoms with Gasteiger partial charge in [0.25, 0.3) is 5.01 Å². The Balaban J connectivity index is 2.05. The average Bonchev–Trinajstić information content (AvgIpc) is 2.82. The number of benzene rings is 2. The van der Waals surface area contributed by atoms with E-state index in [1.807, 2.05) is 60.3 Å². The van der Waals surface area contributed by atoms with Crippen LogP contribution in [0.4, 0.5) is 5.69 Å². The van der Waals surface area contributed by atoms with E-state index in [4.69, 9.17) is 0 Å². The molecule has 0 unspecified atom stereocenters. The molecule has 0 aliphatic carbocycles. The van der Waals surface area contributed by atoms with Gasteiger partial charge in [0.1, 0.15) is 7.05 Å². The minimum absolute atomic E-state index is 0.771. The molecule has 3 aromatic rings. The second kappa shape index (κ2) is 5.20. The highest BCUT2D eigenvalue weighted by Crippen LogP contribution is 2.16. The number of aryl methyl sites for hydroxylation is 1. The summed E-state index contributed by atoms with van der Waals surface area (Å²) in [4.78, 5) is 5.31. The summed E-state index contributed by atoms with van der Waals surface area (Å²) < 4.78 is 1.88. The van der Waals surface area contributed by atoms with Crippen LogP contribution in [0.1, 0.15) is 0 Å². The Morgan fingerprint density at radius 3 is 2.26 bits per heavy atom. The summed E-state index contributed by atoms with van der Waals surface area (Å²) in [6, 6.07) is 20.1. The van der Waals surface area contributed by atoms with Gasteiger partial charge in [-0.3, -0.25) is 0 Å². The van der Waals surface area contributed by atoms with Gasteiger partial charge in [-0.05, 0) is 17.8 Å². The Hall–Kier alpha value is -2.20. The van der Waals surface area contributed by atoms with E-state index in [2.05, 4.69) is 22.2 Å². The molecule has 3 rings (SSSR count). The van der Waals surface area contributed by atoms with Crippen molar-refractivity contribution in [2.24, 2.45) is 12.0 Å². The lowest BCUT2D eigenvalue weighted by atomic mass is 10.2. The van der Waals surface area contributed by atoms with Crippen molar-refractivity contribution in [3.63, 3.8) is 0 Å². The zero-order valence-corrected chi connectivity index (χ0v) is 11.3. The van der Waals surface area contributed by atoms with Crippen LogP contribution in [-0.2, 0) is 7.05 Å². The van der Waals surface area contributed by atoms with Gasteiger partial charge in [0.2, 0.25) is 0 Å². The van der Waals surface area contributed by atoms with E-state index in [0.29, 0.717) is 0 Å². The third kappa shape index (κ3) is 2.63. The van der Waals surface area contributed by atoms with Crippen molar-refractivity contribution in [2.75, 3.05) is 0 Å². The van der Waals surface area contributed by atoms with Gasteiger partial charge in [-0.15, -0.1) is 0 Å². The Morgan fingerprint density at radius 1 is 0.947 bits per heavy atom. The second-order valence-corrected chi connectivity index (χ2v) is 5.08. The van der Waals surface area contributed by atoms with E-state index < -0.39 is 0 Å². The van der Waals surface area contributed by atoms with Crippen LogP contribution >= 0.6 is 11.3 Å². The maximum absolute atomic E-state index is 4.53. The number of para-hydroxylation sites is 1. The summed E-state index contributed by atoms with van der Waals surface area (Å²) >= 11 is 1.59. The fourth-order valence-corrected chi connectivity index (χ4v) is 2.75. The summed E-state index contributed by atoms with van der Waals surface area (Å²) in [5.41, 5.74) is 2.09. The topological polar surface area (TPSA) is 30.3 Å². The molecule has 0 radical (unpaired) electrons. The first-order chi connectivity index (χ1) is 9.33. The fraction of sp³-hybridized carbons (Fsp3) is 0.0667. The molecule has 1 aromatic heterocycles. The van der Waals surface area contributed by atoms with Gasteiger partial charge in [0.05, 0.1) is 10.4 Å². The maximum Gasteiger partial charge on any atom is 0.275 e. The smallest absolute Gasteiger partial charge is 0.275 e. The van der Waals surface area contributed by atoms with Gasteiger partial charge in [-0.25, -0.2) is 0 Å². The van der Waals surface area contributed by atoms with Crippen LogP contribution in [0.2, 0.25) is 0 Å². The zero-order chi connectivity index (χ0) is 13.1. The molecule has 4 heteroatoms. The number of aromatic nitrogens is 2. The summed E-state index contributed by atoms with van der Waals surface area (Å²) in [6.45, 7) is 0. The molecular weight excluding hydrogens is 254 g/mol. The van der Waals surface area contributed by atoms with Crippen molar-refractivity contribution in [3.8, 4) is 10.6 Å². The molecular formula is C15H13N3S. The SMILES string of the molecule is C[n+]1[n-]c(=Nc2ccccc2)sc1-c1ccccc1. The van der Waals surface area contributed by atoms with Gasteiger partial charge in [-0.1, -0.05) is 59.9 Å². The summed E-state index contributed by atoms with van der Waals surface area (Å²) in [5, 5.41) is 5.56. The standard InChI is InChI=1S/C15H13N3S/c1-18-14(12-8-4-2-5-9-12)19-15(17-18)16-13-10-6-3-7-11-13/h2-11H,1H3. The highest BCUT2D eigenvalue weighted by Gasteiger charge is 2.09. The Kier molecular flexibility index (Phi) is 3.25. The molecule has 3 nitrogen and oxygen atoms in total. The lowest BCUT2D eigenvalue weighted by Gasteiger charge is -1.95. The molecule has 0 amide bonds. The predicted octanol–water partition coefficient (Wildman–Crippen LogP) is 2.43. The van der Waals surface area contributed by atoms with Crippen LogP contribution in [0.25, 0.3) is 10.6 Å². The number of nitrogens with zero attached hydrogens (tertiary/aromatic N) is 3. The van der Waals surface area contributed by atoms with Crippen molar-refractivity contribution in [2.45, 2.75) is 0 Å². The lowest BCUT2D eigenvalue weighted by Crippen LogP contribution is -2.36. The summed E-state index contributed by atoms with van der Waals surface area (Å²) in [6.07, 6.45) is 0. The van der Waals surface area contributed by atoms with E-state index in [1.165, 1.54) is 0 Å². The second-order valence-electron chi connectivity index (χ2n) is 4.13. The molecule has 2 aromatic carbocycles. The van der Waals surface area contributed by atoms with E-state index >= 15 is 0 Å². The van der Waals surface area contributed by atoms with Crippen LogP contribution in [0, 0.1) is 0 Å². The van der Waals surface area contributed by atoms with E-state index in [1.54, 1.807) is 11.3 Å². The molecule has 0 spiro atoms. The molecule has 19 heavy (non-hydrogen) atoms. The fourth-order valence-electron chi connectivity index (χ4n) is 1.83. The quantitative estimate of drug-likeness (QED) is 0.656. The summed E-state index contributed by atoms with van der Waals surface area (Å²) in [5.74, 6) is 0. The van der Waals surface area contributed by atoms with Crippen LogP contribution in [0.5, 0.6) is 0 Å². The van der Waals surface area contributed by atoms with Crippen molar-refractivity contribution in [3.05, 3.63) is 65.5 Å². The molecule has 1 heterocycles. The molecule has 0 aliphatic rings. The van der Waals surface area contributed by atoms with E-state index in [9.17, 15) is 0 Å². The molecule has 0 bridgehead atoms. The van der Waals surface area contributed by atoms with Crippen molar-refractivity contribution in [1.29, 1.82) is 0 Å². The van der Waals surface area contributed by atoms with Crippen molar-refractivity contribution < 1.29 is 4.68 Å². The molecule has 0 saturated heterocycles. The van der Waals surface area contributed by atoms with Crippen LogP contribution in [0.3, 0.4) is 0 Å². The molecule has 0 aliphatic heterocycles. The van der Waals surface area contributed by atoms with Crippen LogP contribution in [0.15, 0.2) is 65.7 Å². The normalized spacial score (nSPS) is 11.7. The first-order valence-electron chi connectivity index (χ1n) is 6.02. The van der Waals surface area contributed by atoms with Gasteiger partial charge >= 0.3 is 0 Å². The van der Waals surface area contributed by atoms with Gasteiger partial charge < -0.3 is 4.99 Å². The van der Waals surface area contributed by atoms with E-state index in [-0.39, 0.29) is 0 Å². The Morgan fingerprint density at radius 2 is 1.58 bits per heavy atom. The maximum atomic E-state index is 4.53. The molecule has 0 atom stereocenters. The first-order valence-corrected chi connectivity index (χ1v) is 6.84. The van der Waals surface area contributed by atoms with Crippen LogP contribution in [-0.4, -0.2) is 0 Å². The lowest BCUT2D eigenvalue weighted by molar-refractivity contribution is -0.721. The van der Waals surface area contributed by atoms with Gasteiger partial charge in [0.15, 0.2) is 0 Å². The highest BCUT2D eigenvalue weighted by molar-refractivity contribution is 7.11. The summed E-state index contributed by atoms with van der Waals surface area (Å²) in [7, 11) is 1.95. The Labute approximate surface area is 115 Å². The minimum Gasteiger partial charge on any atom is -0.423 e. The van der Waals surface area contributed by atoms with Crippen molar-refractivity contribution >= 4 is 17.0 Å². The van der Waals surface area contributed by atoms with Crippen LogP contribution < -0.4 is 14.6 Å². The van der Waals surface area contributed by atoms with Gasteiger partial charge in [-0.2, -0.15) is 9.78 Å². The molecule has 0 N–H and O–H groups in total. The third-order valence-corrected chi connectivity index (χ3v) is 3.77. The molecule has 94 valence electrons. The molecule has 0 fully saturated rings. The van der Waals surface area contributed by atoms with E-state index in [0.717, 1.165) is 21.1 Å². The first kappa shape index (κ1) is 11.9. The largest absolute Gasteiger partial charge is 0.423 e. The molecule has 0 saturated carbocycles. The Bertz CT molecular complexity index is 727. The predicted molar refractivity (Wildman–Crippen MR) is 75.9 cm³/mol. The minimum atomic E-state index is 0.771. The van der Waals surface area contributed by atoms with Crippen molar-refractivity contribution in [1.82, 2.24) is 5.10 Å². The number of hydrogen-bond acceptors (Lipinski definition) is 2. The average molecular weight is 267 g/mol. The number of rotatable bonds is 2. The monoisotopic (exact) mass is 267 g/mol. The number of hydrogen-bond donors (Lipinski definition) is 0. The van der Waals surface area contributed by atoms with Gasteiger partial charge in [0, 0.05) is 0 Å². The highest BCUT2D eigenvalue weighted by atomic mass is 32.1. The zero-order valence-electron chi connectivity index (χ0n) is 10.5.